The molecule has 0 radical (unpaired) electrons. The fourth-order valence-corrected chi connectivity index (χ4v) is 5.77. The van der Waals surface area contributed by atoms with Crippen LogP contribution in [0.15, 0.2) is 72.8 Å². The highest BCUT2D eigenvalue weighted by atomic mass is 35.5. The Kier molecular flexibility index (Phi) is 6.23. The molecule has 3 aromatic carbocycles. The molecule has 0 unspecified atom stereocenters. The van der Waals surface area contributed by atoms with Crippen LogP contribution in [0, 0.1) is 0 Å². The van der Waals surface area contributed by atoms with Crippen molar-refractivity contribution in [1.82, 2.24) is 19.1 Å². The first-order valence-corrected chi connectivity index (χ1v) is 13.1. The molecule has 5 aromatic rings. The number of hydrogen-bond acceptors (Lipinski definition) is 7. The maximum Gasteiger partial charge on any atom is 0.248 e. The Morgan fingerprint density at radius 2 is 1.65 bits per heavy atom. The summed E-state index contributed by atoms with van der Waals surface area (Å²) in [4.78, 5) is 16.2. The second-order valence-electron chi connectivity index (χ2n) is 8.93. The molecule has 1 aliphatic rings. The first kappa shape index (κ1) is 23.4. The quantitative estimate of drug-likeness (QED) is 0.343. The van der Waals surface area contributed by atoms with E-state index in [1.54, 1.807) is 29.7 Å². The molecular weight excluding hydrogens is 506 g/mol. The number of halogens is 1. The SMILES string of the molecule is NC(=O)c1ccc(-c2nnc(N3CCN(c4nsc5ccccc45)CC3)n2Cc2ccccc2)c(Cl)c1. The van der Waals surface area contributed by atoms with E-state index in [1.165, 1.54) is 10.1 Å². The van der Waals surface area contributed by atoms with Crippen molar-refractivity contribution in [2.45, 2.75) is 6.54 Å². The van der Waals surface area contributed by atoms with Gasteiger partial charge >= 0.3 is 0 Å². The Labute approximate surface area is 223 Å². The number of carbonyl (C=O) groups is 1. The summed E-state index contributed by atoms with van der Waals surface area (Å²) in [6, 6.07) is 23.6. The molecule has 6 rings (SSSR count). The number of carbonyl (C=O) groups excluding carboxylic acids is 1. The third kappa shape index (κ3) is 4.52. The van der Waals surface area contributed by atoms with Gasteiger partial charge in [0.25, 0.3) is 0 Å². The van der Waals surface area contributed by atoms with Gasteiger partial charge in [0.1, 0.15) is 5.82 Å². The molecular formula is C27H24ClN7OS. The van der Waals surface area contributed by atoms with Gasteiger partial charge in [0.15, 0.2) is 5.82 Å². The maximum absolute atomic E-state index is 11.6. The van der Waals surface area contributed by atoms with E-state index in [2.05, 4.69) is 54.9 Å². The minimum Gasteiger partial charge on any atom is -0.366 e. The third-order valence-corrected chi connectivity index (χ3v) is 7.76. The zero-order chi connectivity index (χ0) is 25.4. The van der Waals surface area contributed by atoms with Crippen LogP contribution in [-0.4, -0.2) is 51.2 Å². The average Bonchev–Trinajstić information content (AvgIpc) is 3.54. The Morgan fingerprint density at radius 1 is 0.919 bits per heavy atom. The van der Waals surface area contributed by atoms with E-state index >= 15 is 0 Å². The fourth-order valence-electron chi connectivity index (χ4n) is 4.71. The Hall–Kier alpha value is -3.95. The minimum absolute atomic E-state index is 0.355. The average molecular weight is 530 g/mol. The summed E-state index contributed by atoms with van der Waals surface area (Å²) in [6.07, 6.45) is 0. The van der Waals surface area contributed by atoms with Crippen molar-refractivity contribution in [2.75, 3.05) is 36.0 Å². The predicted octanol–water partition coefficient (Wildman–Crippen LogP) is 4.68. The molecule has 1 fully saturated rings. The van der Waals surface area contributed by atoms with E-state index in [0.717, 1.165) is 43.5 Å². The van der Waals surface area contributed by atoms with Crippen molar-refractivity contribution in [3.63, 3.8) is 0 Å². The van der Waals surface area contributed by atoms with Crippen LogP contribution in [0.1, 0.15) is 15.9 Å². The van der Waals surface area contributed by atoms with Gasteiger partial charge in [-0.05, 0) is 47.4 Å². The van der Waals surface area contributed by atoms with E-state index in [-0.39, 0.29) is 0 Å². The van der Waals surface area contributed by atoms with Gasteiger partial charge < -0.3 is 15.5 Å². The molecule has 0 atom stereocenters. The Balaban J connectivity index is 1.31. The molecule has 2 aromatic heterocycles. The standard InChI is InChI=1S/C27H24ClN7OS/c28-22-16-19(24(29)36)10-11-20(22)25-30-31-27(35(25)17-18-6-2-1-3-7-18)34-14-12-33(13-15-34)26-21-8-4-5-9-23(21)37-32-26/h1-11,16H,12-15,17H2,(H2,29,36). The van der Waals surface area contributed by atoms with Gasteiger partial charge in [-0.3, -0.25) is 9.36 Å². The van der Waals surface area contributed by atoms with Crippen LogP contribution < -0.4 is 15.5 Å². The monoisotopic (exact) mass is 529 g/mol. The lowest BCUT2D eigenvalue weighted by molar-refractivity contribution is 0.100. The van der Waals surface area contributed by atoms with Crippen molar-refractivity contribution in [1.29, 1.82) is 0 Å². The lowest BCUT2D eigenvalue weighted by Crippen LogP contribution is -2.47. The predicted molar refractivity (Wildman–Crippen MR) is 149 cm³/mol. The van der Waals surface area contributed by atoms with Gasteiger partial charge in [-0.25, -0.2) is 0 Å². The fraction of sp³-hybridized carbons (Fsp3) is 0.185. The first-order chi connectivity index (χ1) is 18.1. The molecule has 8 nitrogen and oxygen atoms in total. The van der Waals surface area contributed by atoms with Gasteiger partial charge in [-0.15, -0.1) is 10.2 Å². The molecule has 1 aliphatic heterocycles. The second-order valence-corrected chi connectivity index (χ2v) is 10.1. The highest BCUT2D eigenvalue weighted by molar-refractivity contribution is 7.13. The third-order valence-electron chi connectivity index (χ3n) is 6.63. The molecule has 186 valence electrons. The van der Waals surface area contributed by atoms with Crippen LogP contribution in [0.4, 0.5) is 11.8 Å². The van der Waals surface area contributed by atoms with E-state index in [0.29, 0.717) is 28.5 Å². The van der Waals surface area contributed by atoms with Crippen LogP contribution in [0.25, 0.3) is 21.5 Å². The number of anilines is 2. The lowest BCUT2D eigenvalue weighted by atomic mass is 10.1. The van der Waals surface area contributed by atoms with Crippen molar-refractivity contribution in [2.24, 2.45) is 5.73 Å². The molecule has 2 N–H and O–H groups in total. The molecule has 1 saturated heterocycles. The molecule has 3 heterocycles. The van der Waals surface area contributed by atoms with Gasteiger partial charge in [0, 0.05) is 42.7 Å². The molecule has 0 saturated carbocycles. The van der Waals surface area contributed by atoms with E-state index in [4.69, 9.17) is 21.7 Å². The number of primary amides is 1. The normalized spacial score (nSPS) is 13.9. The summed E-state index contributed by atoms with van der Waals surface area (Å²) in [6.45, 7) is 3.81. The molecule has 37 heavy (non-hydrogen) atoms. The van der Waals surface area contributed by atoms with Crippen LogP contribution in [0.5, 0.6) is 0 Å². The maximum atomic E-state index is 11.6. The van der Waals surface area contributed by atoms with Crippen LogP contribution in [-0.2, 0) is 6.54 Å². The smallest absolute Gasteiger partial charge is 0.248 e. The Morgan fingerprint density at radius 3 is 2.41 bits per heavy atom. The number of aromatic nitrogens is 4. The van der Waals surface area contributed by atoms with Crippen molar-refractivity contribution in [3.05, 3.63) is 88.9 Å². The van der Waals surface area contributed by atoms with Crippen LogP contribution in [0.2, 0.25) is 5.02 Å². The topological polar surface area (TPSA) is 93.2 Å². The second kappa shape index (κ2) is 9.84. The summed E-state index contributed by atoms with van der Waals surface area (Å²) < 4.78 is 8.02. The van der Waals surface area contributed by atoms with Gasteiger partial charge in [-0.1, -0.05) is 54.1 Å². The van der Waals surface area contributed by atoms with Crippen molar-refractivity contribution >= 4 is 50.9 Å². The number of piperazine rings is 1. The molecule has 0 aliphatic carbocycles. The summed E-state index contributed by atoms with van der Waals surface area (Å²) in [5, 5.41) is 10.8. The molecule has 1 amide bonds. The number of amides is 1. The summed E-state index contributed by atoms with van der Waals surface area (Å²) in [5.41, 5.74) is 7.62. The number of rotatable bonds is 6. The highest BCUT2D eigenvalue weighted by Crippen LogP contribution is 2.33. The lowest BCUT2D eigenvalue weighted by Gasteiger charge is -2.35. The van der Waals surface area contributed by atoms with Gasteiger partial charge in [0.2, 0.25) is 11.9 Å². The number of benzene rings is 3. The highest BCUT2D eigenvalue weighted by Gasteiger charge is 2.26. The molecule has 0 spiro atoms. The number of fused-ring (bicyclic) bond motifs is 1. The summed E-state index contributed by atoms with van der Waals surface area (Å²) >= 11 is 8.13. The van der Waals surface area contributed by atoms with Gasteiger partial charge in [0.05, 0.1) is 16.3 Å². The summed E-state index contributed by atoms with van der Waals surface area (Å²) in [7, 11) is 0. The number of nitrogens with zero attached hydrogens (tertiary/aromatic N) is 6. The zero-order valence-corrected chi connectivity index (χ0v) is 21.5. The van der Waals surface area contributed by atoms with Crippen molar-refractivity contribution < 1.29 is 4.79 Å². The zero-order valence-electron chi connectivity index (χ0n) is 19.9. The van der Waals surface area contributed by atoms with Crippen molar-refractivity contribution in [3.8, 4) is 11.4 Å². The van der Waals surface area contributed by atoms with E-state index in [1.807, 2.05) is 24.3 Å². The van der Waals surface area contributed by atoms with E-state index in [9.17, 15) is 4.79 Å². The largest absolute Gasteiger partial charge is 0.366 e. The minimum atomic E-state index is -0.523. The number of hydrogen-bond donors (Lipinski definition) is 1. The molecule has 0 bridgehead atoms. The van der Waals surface area contributed by atoms with Gasteiger partial charge in [-0.2, -0.15) is 4.37 Å². The number of nitrogens with two attached hydrogens (primary N) is 1. The van der Waals surface area contributed by atoms with E-state index < -0.39 is 5.91 Å². The van der Waals surface area contributed by atoms with Crippen LogP contribution >= 0.6 is 23.1 Å². The molecule has 10 heteroatoms. The Bertz CT molecular complexity index is 1570. The summed E-state index contributed by atoms with van der Waals surface area (Å²) in [5.74, 6) is 1.96. The van der Waals surface area contributed by atoms with Crippen LogP contribution in [0.3, 0.4) is 0 Å². The first-order valence-electron chi connectivity index (χ1n) is 12.0.